The Hall–Kier alpha value is -0.540. The molecule has 0 heterocycles. The van der Waals surface area contributed by atoms with Crippen LogP contribution in [0, 0.1) is 0 Å². The number of phenolic OH excluding ortho intramolecular Hbond substituents is 1. The van der Waals surface area contributed by atoms with Gasteiger partial charge in [-0.25, -0.2) is 0 Å². The SMILES string of the molecule is CC(N)Cc1cccc(Br)c1O. The van der Waals surface area contributed by atoms with Gasteiger partial charge in [0.25, 0.3) is 0 Å². The maximum absolute atomic E-state index is 9.54. The van der Waals surface area contributed by atoms with Gasteiger partial charge in [-0.1, -0.05) is 12.1 Å². The van der Waals surface area contributed by atoms with Gasteiger partial charge < -0.3 is 10.8 Å². The fourth-order valence-corrected chi connectivity index (χ4v) is 1.48. The van der Waals surface area contributed by atoms with Gasteiger partial charge in [-0.2, -0.15) is 0 Å². The standard InChI is InChI=1S/C9H12BrNO/c1-6(11)5-7-3-2-4-8(10)9(7)12/h2-4,6,12H,5,11H2,1H3. The summed E-state index contributed by atoms with van der Waals surface area (Å²) in [5, 5.41) is 9.54. The van der Waals surface area contributed by atoms with Crippen molar-refractivity contribution in [1.82, 2.24) is 0 Å². The number of halogens is 1. The number of para-hydroxylation sites is 1. The van der Waals surface area contributed by atoms with Crippen molar-refractivity contribution < 1.29 is 5.11 Å². The van der Waals surface area contributed by atoms with Crippen molar-refractivity contribution >= 4 is 15.9 Å². The molecule has 0 fully saturated rings. The zero-order valence-corrected chi connectivity index (χ0v) is 8.51. The van der Waals surface area contributed by atoms with E-state index in [2.05, 4.69) is 15.9 Å². The smallest absolute Gasteiger partial charge is 0.132 e. The minimum atomic E-state index is 0.0743. The summed E-state index contributed by atoms with van der Waals surface area (Å²) in [4.78, 5) is 0. The van der Waals surface area contributed by atoms with Gasteiger partial charge in [-0.3, -0.25) is 0 Å². The molecule has 3 N–H and O–H groups in total. The number of hydrogen-bond acceptors (Lipinski definition) is 2. The third kappa shape index (κ3) is 2.22. The van der Waals surface area contributed by atoms with E-state index in [0.29, 0.717) is 12.2 Å². The van der Waals surface area contributed by atoms with E-state index in [4.69, 9.17) is 5.73 Å². The Balaban J connectivity index is 2.92. The van der Waals surface area contributed by atoms with Crippen LogP contribution in [0.5, 0.6) is 5.75 Å². The molecular formula is C9H12BrNO. The van der Waals surface area contributed by atoms with Crippen molar-refractivity contribution in [3.63, 3.8) is 0 Å². The highest BCUT2D eigenvalue weighted by atomic mass is 79.9. The molecule has 0 radical (unpaired) electrons. The molecule has 0 aliphatic rings. The number of aromatic hydroxyl groups is 1. The quantitative estimate of drug-likeness (QED) is 0.816. The predicted octanol–water partition coefficient (Wildman–Crippen LogP) is 2.04. The monoisotopic (exact) mass is 229 g/mol. The Morgan fingerprint density at radius 1 is 1.58 bits per heavy atom. The highest BCUT2D eigenvalue weighted by Gasteiger charge is 2.05. The molecule has 0 spiro atoms. The molecule has 66 valence electrons. The van der Waals surface area contributed by atoms with Gasteiger partial charge in [-0.15, -0.1) is 0 Å². The Morgan fingerprint density at radius 3 is 2.83 bits per heavy atom. The first-order valence-corrected chi connectivity index (χ1v) is 4.62. The van der Waals surface area contributed by atoms with Crippen LogP contribution in [0.1, 0.15) is 12.5 Å². The van der Waals surface area contributed by atoms with Crippen LogP contribution in [-0.4, -0.2) is 11.1 Å². The summed E-state index contributed by atoms with van der Waals surface area (Å²) in [6.45, 7) is 1.92. The number of rotatable bonds is 2. The summed E-state index contributed by atoms with van der Waals surface area (Å²) in [6.07, 6.45) is 0.700. The van der Waals surface area contributed by atoms with Gasteiger partial charge in [0.1, 0.15) is 5.75 Å². The van der Waals surface area contributed by atoms with Crippen LogP contribution in [0.15, 0.2) is 22.7 Å². The molecule has 2 nitrogen and oxygen atoms in total. The fourth-order valence-electron chi connectivity index (χ4n) is 1.07. The van der Waals surface area contributed by atoms with E-state index in [1.807, 2.05) is 19.1 Å². The molecular weight excluding hydrogens is 218 g/mol. The summed E-state index contributed by atoms with van der Waals surface area (Å²) in [6, 6.07) is 5.65. The Morgan fingerprint density at radius 2 is 2.25 bits per heavy atom. The molecule has 12 heavy (non-hydrogen) atoms. The summed E-state index contributed by atoms with van der Waals surface area (Å²) in [5.74, 6) is 0.301. The molecule has 1 unspecified atom stereocenters. The van der Waals surface area contributed by atoms with Gasteiger partial charge in [0.15, 0.2) is 0 Å². The number of nitrogens with two attached hydrogens (primary N) is 1. The van der Waals surface area contributed by atoms with Crippen LogP contribution < -0.4 is 5.73 Å². The predicted molar refractivity (Wildman–Crippen MR) is 53.2 cm³/mol. The Labute approximate surface area is 80.5 Å². The van der Waals surface area contributed by atoms with E-state index < -0.39 is 0 Å². The van der Waals surface area contributed by atoms with Crippen LogP contribution in [0.2, 0.25) is 0 Å². The molecule has 3 heteroatoms. The molecule has 0 amide bonds. The van der Waals surface area contributed by atoms with Crippen molar-refractivity contribution in [3.8, 4) is 5.75 Å². The van der Waals surface area contributed by atoms with Crippen LogP contribution in [0.4, 0.5) is 0 Å². The molecule has 1 aromatic carbocycles. The first-order chi connectivity index (χ1) is 5.61. The molecule has 0 aliphatic carbocycles. The minimum Gasteiger partial charge on any atom is -0.506 e. The third-order valence-electron chi connectivity index (χ3n) is 1.61. The zero-order valence-electron chi connectivity index (χ0n) is 6.92. The molecule has 0 bridgehead atoms. The second-order valence-corrected chi connectivity index (χ2v) is 3.78. The van der Waals surface area contributed by atoms with Crippen molar-refractivity contribution in [2.75, 3.05) is 0 Å². The van der Waals surface area contributed by atoms with Crippen LogP contribution in [-0.2, 0) is 6.42 Å². The topological polar surface area (TPSA) is 46.2 Å². The Bertz CT molecular complexity index is 273. The molecule has 1 rings (SSSR count). The maximum Gasteiger partial charge on any atom is 0.132 e. The average molecular weight is 230 g/mol. The molecule has 0 saturated carbocycles. The summed E-state index contributed by atoms with van der Waals surface area (Å²) >= 11 is 3.25. The number of hydrogen-bond donors (Lipinski definition) is 2. The van der Waals surface area contributed by atoms with Crippen molar-refractivity contribution in [2.24, 2.45) is 5.73 Å². The first-order valence-electron chi connectivity index (χ1n) is 3.83. The largest absolute Gasteiger partial charge is 0.506 e. The Kier molecular flexibility index (Phi) is 3.12. The van der Waals surface area contributed by atoms with Gasteiger partial charge in [-0.05, 0) is 40.9 Å². The van der Waals surface area contributed by atoms with Gasteiger partial charge in [0.05, 0.1) is 4.47 Å². The van der Waals surface area contributed by atoms with Crippen LogP contribution >= 0.6 is 15.9 Å². The third-order valence-corrected chi connectivity index (χ3v) is 2.25. The molecule has 0 aromatic heterocycles. The van der Waals surface area contributed by atoms with Crippen molar-refractivity contribution in [2.45, 2.75) is 19.4 Å². The molecule has 0 saturated heterocycles. The average Bonchev–Trinajstić information content (AvgIpc) is 1.98. The van der Waals surface area contributed by atoms with Gasteiger partial charge in [0.2, 0.25) is 0 Å². The van der Waals surface area contributed by atoms with E-state index in [0.717, 1.165) is 10.0 Å². The lowest BCUT2D eigenvalue weighted by Crippen LogP contribution is -2.17. The summed E-state index contributed by atoms with van der Waals surface area (Å²) in [7, 11) is 0. The van der Waals surface area contributed by atoms with Gasteiger partial charge >= 0.3 is 0 Å². The number of phenols is 1. The molecule has 1 atom stereocenters. The normalized spacial score (nSPS) is 12.9. The van der Waals surface area contributed by atoms with Crippen LogP contribution in [0.3, 0.4) is 0 Å². The highest BCUT2D eigenvalue weighted by Crippen LogP contribution is 2.27. The molecule has 0 aliphatic heterocycles. The van der Waals surface area contributed by atoms with E-state index in [1.165, 1.54) is 0 Å². The lowest BCUT2D eigenvalue weighted by molar-refractivity contribution is 0.462. The number of benzene rings is 1. The van der Waals surface area contributed by atoms with E-state index in [1.54, 1.807) is 6.07 Å². The van der Waals surface area contributed by atoms with E-state index in [-0.39, 0.29) is 6.04 Å². The van der Waals surface area contributed by atoms with Crippen molar-refractivity contribution in [1.29, 1.82) is 0 Å². The van der Waals surface area contributed by atoms with Crippen LogP contribution in [0.25, 0.3) is 0 Å². The maximum atomic E-state index is 9.54. The first kappa shape index (κ1) is 9.55. The van der Waals surface area contributed by atoms with Gasteiger partial charge in [0, 0.05) is 6.04 Å². The summed E-state index contributed by atoms with van der Waals surface area (Å²) in [5.41, 5.74) is 6.51. The fraction of sp³-hybridized carbons (Fsp3) is 0.333. The molecule has 1 aromatic rings. The minimum absolute atomic E-state index is 0.0743. The van der Waals surface area contributed by atoms with E-state index >= 15 is 0 Å². The highest BCUT2D eigenvalue weighted by molar-refractivity contribution is 9.10. The summed E-state index contributed by atoms with van der Waals surface area (Å²) < 4.78 is 0.723. The lowest BCUT2D eigenvalue weighted by Gasteiger charge is -2.07. The second kappa shape index (κ2) is 3.92. The van der Waals surface area contributed by atoms with E-state index in [9.17, 15) is 5.11 Å². The second-order valence-electron chi connectivity index (χ2n) is 2.93. The van der Waals surface area contributed by atoms with Crippen molar-refractivity contribution in [3.05, 3.63) is 28.2 Å². The zero-order chi connectivity index (χ0) is 9.14. The lowest BCUT2D eigenvalue weighted by atomic mass is 10.1.